The van der Waals surface area contributed by atoms with Crippen LogP contribution in [0.4, 0.5) is 11.4 Å². The number of nitrogens with two attached hydrogens (primary N) is 1. The molecule has 1 aromatic rings. The van der Waals surface area contributed by atoms with Crippen molar-refractivity contribution in [3.05, 3.63) is 29.8 Å². The molecule has 0 bridgehead atoms. The van der Waals surface area contributed by atoms with E-state index in [0.29, 0.717) is 6.54 Å². The SMILES string of the molecule is N#CC=C1CNc2c(N)cccc21. The van der Waals surface area contributed by atoms with Crippen LogP contribution in [0, 0.1) is 11.3 Å². The van der Waals surface area contributed by atoms with Gasteiger partial charge in [-0.2, -0.15) is 5.26 Å². The molecular formula is C10H9N3. The second kappa shape index (κ2) is 2.83. The predicted octanol–water partition coefficient (Wildman–Crippen LogP) is 1.60. The van der Waals surface area contributed by atoms with E-state index in [9.17, 15) is 0 Å². The Labute approximate surface area is 76.5 Å². The van der Waals surface area contributed by atoms with Gasteiger partial charge in [0, 0.05) is 18.2 Å². The molecule has 2 rings (SSSR count). The summed E-state index contributed by atoms with van der Waals surface area (Å²) in [6, 6.07) is 7.74. The van der Waals surface area contributed by atoms with Crippen molar-refractivity contribution >= 4 is 16.9 Å². The molecule has 64 valence electrons. The quantitative estimate of drug-likeness (QED) is 0.460. The normalized spacial score (nSPS) is 16.4. The largest absolute Gasteiger partial charge is 0.397 e. The first-order chi connectivity index (χ1) is 6.33. The van der Waals surface area contributed by atoms with Gasteiger partial charge in [-0.05, 0) is 11.6 Å². The second-order valence-corrected chi connectivity index (χ2v) is 2.92. The van der Waals surface area contributed by atoms with Gasteiger partial charge in [0.05, 0.1) is 17.4 Å². The van der Waals surface area contributed by atoms with Crippen molar-refractivity contribution in [2.24, 2.45) is 0 Å². The molecule has 13 heavy (non-hydrogen) atoms. The van der Waals surface area contributed by atoms with Crippen molar-refractivity contribution < 1.29 is 0 Å². The Morgan fingerprint density at radius 3 is 3.15 bits per heavy atom. The van der Waals surface area contributed by atoms with Crippen molar-refractivity contribution in [1.29, 1.82) is 5.26 Å². The lowest BCUT2D eigenvalue weighted by atomic mass is 10.1. The third kappa shape index (κ3) is 1.13. The Hall–Kier alpha value is -1.95. The fraction of sp³-hybridized carbons (Fsp3) is 0.100. The molecule has 0 spiro atoms. The number of rotatable bonds is 0. The Kier molecular flexibility index (Phi) is 1.67. The Bertz CT molecular complexity index is 413. The number of hydrogen-bond donors (Lipinski definition) is 2. The number of nitrogens with one attached hydrogen (secondary N) is 1. The number of benzene rings is 1. The van der Waals surface area contributed by atoms with E-state index in [1.54, 1.807) is 6.08 Å². The third-order valence-electron chi connectivity index (χ3n) is 2.14. The molecule has 1 aliphatic rings. The number of nitriles is 1. The number of nitrogens with zero attached hydrogens (tertiary/aromatic N) is 1. The highest BCUT2D eigenvalue weighted by atomic mass is 14.9. The predicted molar refractivity (Wildman–Crippen MR) is 52.9 cm³/mol. The van der Waals surface area contributed by atoms with Crippen LogP contribution < -0.4 is 11.1 Å². The van der Waals surface area contributed by atoms with Crippen LogP contribution in [0.25, 0.3) is 5.57 Å². The van der Waals surface area contributed by atoms with Crippen LogP contribution in [0.1, 0.15) is 5.56 Å². The minimum Gasteiger partial charge on any atom is -0.397 e. The molecule has 0 radical (unpaired) electrons. The van der Waals surface area contributed by atoms with Crippen molar-refractivity contribution in [2.45, 2.75) is 0 Å². The summed E-state index contributed by atoms with van der Waals surface area (Å²) in [5.41, 5.74) is 9.49. The average Bonchev–Trinajstić information content (AvgIpc) is 2.51. The van der Waals surface area contributed by atoms with Gasteiger partial charge in [-0.3, -0.25) is 0 Å². The smallest absolute Gasteiger partial charge is 0.0915 e. The topological polar surface area (TPSA) is 61.8 Å². The van der Waals surface area contributed by atoms with Crippen LogP contribution >= 0.6 is 0 Å². The Balaban J connectivity index is 2.57. The first kappa shape index (κ1) is 7.69. The zero-order valence-corrected chi connectivity index (χ0v) is 7.04. The first-order valence-corrected chi connectivity index (χ1v) is 4.04. The standard InChI is InChI=1S/C10H9N3/c11-5-4-7-6-13-10-8(7)2-1-3-9(10)12/h1-4,13H,6,12H2. The van der Waals surface area contributed by atoms with Crippen molar-refractivity contribution in [3.8, 4) is 6.07 Å². The summed E-state index contributed by atoms with van der Waals surface area (Å²) >= 11 is 0. The van der Waals surface area contributed by atoms with Gasteiger partial charge in [-0.1, -0.05) is 12.1 Å². The number of allylic oxidation sites excluding steroid dienone is 1. The van der Waals surface area contributed by atoms with Crippen molar-refractivity contribution in [2.75, 3.05) is 17.6 Å². The molecule has 0 amide bonds. The lowest BCUT2D eigenvalue weighted by molar-refractivity contribution is 1.44. The fourth-order valence-electron chi connectivity index (χ4n) is 1.52. The van der Waals surface area contributed by atoms with Crippen LogP contribution in [0.3, 0.4) is 0 Å². The van der Waals surface area contributed by atoms with Gasteiger partial charge in [0.15, 0.2) is 0 Å². The fourth-order valence-corrected chi connectivity index (χ4v) is 1.52. The van der Waals surface area contributed by atoms with Gasteiger partial charge in [-0.25, -0.2) is 0 Å². The van der Waals surface area contributed by atoms with E-state index >= 15 is 0 Å². The molecule has 0 saturated heterocycles. The number of nitrogen functional groups attached to an aromatic ring is 1. The minimum absolute atomic E-state index is 0.692. The lowest BCUT2D eigenvalue weighted by Gasteiger charge is -2.01. The van der Waals surface area contributed by atoms with Crippen molar-refractivity contribution in [3.63, 3.8) is 0 Å². The van der Waals surface area contributed by atoms with E-state index in [4.69, 9.17) is 11.0 Å². The van der Waals surface area contributed by atoms with Gasteiger partial charge in [0.25, 0.3) is 0 Å². The zero-order chi connectivity index (χ0) is 9.26. The van der Waals surface area contributed by atoms with Gasteiger partial charge in [-0.15, -0.1) is 0 Å². The molecule has 3 nitrogen and oxygen atoms in total. The maximum absolute atomic E-state index is 8.54. The van der Waals surface area contributed by atoms with E-state index < -0.39 is 0 Å². The van der Waals surface area contributed by atoms with Crippen LogP contribution in [0.5, 0.6) is 0 Å². The second-order valence-electron chi connectivity index (χ2n) is 2.92. The van der Waals surface area contributed by atoms with Crippen molar-refractivity contribution in [1.82, 2.24) is 0 Å². The highest BCUT2D eigenvalue weighted by molar-refractivity contribution is 5.91. The maximum Gasteiger partial charge on any atom is 0.0915 e. The summed E-state index contributed by atoms with van der Waals surface area (Å²) < 4.78 is 0. The molecule has 1 heterocycles. The van der Waals surface area contributed by atoms with Crippen LogP contribution in [-0.2, 0) is 0 Å². The van der Waals surface area contributed by atoms with E-state index in [1.165, 1.54) is 0 Å². The molecule has 1 aliphatic heterocycles. The highest BCUT2D eigenvalue weighted by Gasteiger charge is 2.16. The molecule has 1 aromatic carbocycles. The van der Waals surface area contributed by atoms with Gasteiger partial charge >= 0.3 is 0 Å². The summed E-state index contributed by atoms with van der Waals surface area (Å²) in [5, 5.41) is 11.7. The summed E-state index contributed by atoms with van der Waals surface area (Å²) in [4.78, 5) is 0. The summed E-state index contributed by atoms with van der Waals surface area (Å²) in [6.45, 7) is 0.692. The summed E-state index contributed by atoms with van der Waals surface area (Å²) in [6.07, 6.45) is 1.55. The molecule has 3 heteroatoms. The average molecular weight is 171 g/mol. The lowest BCUT2D eigenvalue weighted by Crippen LogP contribution is -1.95. The van der Waals surface area contributed by atoms with Gasteiger partial charge in [0.1, 0.15) is 0 Å². The van der Waals surface area contributed by atoms with Gasteiger partial charge < -0.3 is 11.1 Å². The van der Waals surface area contributed by atoms with Crippen LogP contribution in [0.2, 0.25) is 0 Å². The zero-order valence-electron chi connectivity index (χ0n) is 7.04. The third-order valence-corrected chi connectivity index (χ3v) is 2.14. The number of anilines is 2. The Morgan fingerprint density at radius 2 is 2.38 bits per heavy atom. The molecule has 0 aliphatic carbocycles. The summed E-state index contributed by atoms with van der Waals surface area (Å²) in [5.74, 6) is 0. The number of para-hydroxylation sites is 1. The maximum atomic E-state index is 8.54. The minimum atomic E-state index is 0.692. The molecule has 3 N–H and O–H groups in total. The molecule has 0 aromatic heterocycles. The molecule has 0 saturated carbocycles. The van der Waals surface area contributed by atoms with E-state index in [1.807, 2.05) is 24.3 Å². The van der Waals surface area contributed by atoms with E-state index in [0.717, 1.165) is 22.5 Å². The number of fused-ring (bicyclic) bond motifs is 1. The monoisotopic (exact) mass is 171 g/mol. The number of hydrogen-bond acceptors (Lipinski definition) is 3. The molecule has 0 atom stereocenters. The highest BCUT2D eigenvalue weighted by Crippen LogP contribution is 2.34. The Morgan fingerprint density at radius 1 is 1.54 bits per heavy atom. The summed E-state index contributed by atoms with van der Waals surface area (Å²) in [7, 11) is 0. The van der Waals surface area contributed by atoms with E-state index in [-0.39, 0.29) is 0 Å². The van der Waals surface area contributed by atoms with E-state index in [2.05, 4.69) is 5.32 Å². The molecular weight excluding hydrogens is 162 g/mol. The first-order valence-electron chi connectivity index (χ1n) is 4.04. The van der Waals surface area contributed by atoms with Crippen LogP contribution in [0.15, 0.2) is 24.3 Å². The molecule has 0 fully saturated rings. The van der Waals surface area contributed by atoms with Gasteiger partial charge in [0.2, 0.25) is 0 Å². The molecule has 0 unspecified atom stereocenters. The van der Waals surface area contributed by atoms with Crippen LogP contribution in [-0.4, -0.2) is 6.54 Å².